The monoisotopic (exact) mass is 626 g/mol. The molecule has 0 saturated heterocycles. The molecule has 0 saturated carbocycles. The third-order valence-corrected chi connectivity index (χ3v) is 6.41. The van der Waals surface area contributed by atoms with E-state index < -0.39 is 11.9 Å². The Morgan fingerprint density at radius 1 is 0.727 bits per heavy atom. The first kappa shape index (κ1) is 36.3. The Hall–Kier alpha value is -3.93. The van der Waals surface area contributed by atoms with Crippen molar-refractivity contribution in [2.75, 3.05) is 14.2 Å². The molecule has 0 amide bonds. The van der Waals surface area contributed by atoms with E-state index in [1.54, 1.807) is 6.20 Å². The van der Waals surface area contributed by atoms with E-state index in [0.717, 1.165) is 44.1 Å². The van der Waals surface area contributed by atoms with Gasteiger partial charge in [0.15, 0.2) is 11.4 Å². The van der Waals surface area contributed by atoms with Crippen LogP contribution in [-0.4, -0.2) is 81.9 Å². The van der Waals surface area contributed by atoms with Gasteiger partial charge in [0.2, 0.25) is 0 Å². The summed E-state index contributed by atoms with van der Waals surface area (Å²) in [6.07, 6.45) is 11.5. The molecular weight excluding hydrogens is 597 g/mol. The number of nitrogens with one attached hydrogen (secondary N) is 1. The minimum absolute atomic E-state index is 0. The summed E-state index contributed by atoms with van der Waals surface area (Å²) in [5.74, 6) is -0.878. The van der Waals surface area contributed by atoms with Crippen LogP contribution < -0.4 is 51.4 Å². The number of fused-ring (bicyclic) bond motifs is 3. The molecule has 6 aromatic heterocycles. The summed E-state index contributed by atoms with van der Waals surface area (Å²) in [6, 6.07) is 0. The molecule has 0 aliphatic rings. The van der Waals surface area contributed by atoms with Crippen molar-refractivity contribution in [2.45, 2.75) is 20.8 Å². The molecule has 0 aliphatic carbocycles. The maximum absolute atomic E-state index is 11.5. The molecular formula is C28H29KN9O6-. The second kappa shape index (κ2) is 15.7. The number of H-pyrrole nitrogens is 1. The van der Waals surface area contributed by atoms with Crippen LogP contribution in [0.15, 0.2) is 37.6 Å². The van der Waals surface area contributed by atoms with Crippen molar-refractivity contribution in [3.05, 3.63) is 71.3 Å². The maximum Gasteiger partial charge on any atom is 1.00 e. The molecule has 0 aliphatic heterocycles. The first-order valence-electron chi connectivity index (χ1n) is 12.5. The second-order valence-electron chi connectivity index (χ2n) is 9.19. The molecule has 16 heteroatoms. The summed E-state index contributed by atoms with van der Waals surface area (Å²) in [5, 5.41) is 2.27. The minimum atomic E-state index is -0.444. The van der Waals surface area contributed by atoms with Crippen LogP contribution in [0.25, 0.3) is 33.1 Å². The van der Waals surface area contributed by atoms with Crippen molar-refractivity contribution < 1.29 is 80.7 Å². The third kappa shape index (κ3) is 7.23. The molecule has 0 bridgehead atoms. The zero-order valence-corrected chi connectivity index (χ0v) is 28.7. The van der Waals surface area contributed by atoms with Gasteiger partial charge in [-0.1, -0.05) is 12.6 Å². The van der Waals surface area contributed by atoms with Crippen molar-refractivity contribution in [1.29, 1.82) is 0 Å². The molecule has 15 nitrogen and oxygen atoms in total. The fourth-order valence-corrected chi connectivity index (χ4v) is 4.54. The average molecular weight is 627 g/mol. The molecule has 0 spiro atoms. The Morgan fingerprint density at radius 2 is 1.20 bits per heavy atom. The Balaban J connectivity index is 0.000000226. The van der Waals surface area contributed by atoms with E-state index in [4.69, 9.17) is 0 Å². The number of methoxy groups -OCH3 is 2. The van der Waals surface area contributed by atoms with Crippen LogP contribution >= 0.6 is 0 Å². The topological polar surface area (TPSA) is 203 Å². The van der Waals surface area contributed by atoms with Gasteiger partial charge in [-0.25, -0.2) is 34.5 Å². The van der Waals surface area contributed by atoms with Crippen molar-refractivity contribution in [3.63, 3.8) is 0 Å². The number of hydrogen-bond acceptors (Lipinski definition) is 12. The van der Waals surface area contributed by atoms with E-state index in [-0.39, 0.29) is 56.9 Å². The molecule has 0 aromatic carbocycles. The van der Waals surface area contributed by atoms with Gasteiger partial charge in [0.25, 0.3) is 0 Å². The van der Waals surface area contributed by atoms with Crippen molar-refractivity contribution in [2.24, 2.45) is 14.1 Å². The predicted octanol–water partition coefficient (Wildman–Crippen LogP) is -0.322. The van der Waals surface area contributed by atoms with Crippen molar-refractivity contribution in [3.8, 4) is 0 Å². The van der Waals surface area contributed by atoms with Gasteiger partial charge in [-0.2, -0.15) is 0 Å². The number of ether oxygens (including phenoxy) is 2. The molecule has 0 atom stereocenters. The predicted molar refractivity (Wildman–Crippen MR) is 155 cm³/mol. The fraction of sp³-hybridized carbons (Fsp3) is 0.250. The van der Waals surface area contributed by atoms with E-state index in [0.29, 0.717) is 22.7 Å². The van der Waals surface area contributed by atoms with Gasteiger partial charge >= 0.3 is 63.3 Å². The summed E-state index contributed by atoms with van der Waals surface area (Å²) in [6.45, 7) is 5.72. The summed E-state index contributed by atoms with van der Waals surface area (Å²) < 4.78 is 13.0. The average Bonchev–Trinajstić information content (AvgIpc) is 3.64. The smallest absolute Gasteiger partial charge is 0.870 e. The normalized spacial score (nSPS) is 10.1. The van der Waals surface area contributed by atoms with E-state index in [1.807, 2.05) is 62.7 Å². The number of esters is 2. The molecule has 0 fully saturated rings. The molecule has 224 valence electrons. The molecule has 44 heavy (non-hydrogen) atoms. The fourth-order valence-electron chi connectivity index (χ4n) is 4.54. The number of hydrogen-bond donors (Lipinski definition) is 1. The molecule has 0 radical (unpaired) electrons. The number of nitrogens with zero attached hydrogens (tertiary/aromatic N) is 8. The SMILES string of the molecule is COC(=O)c1ncnc2[nH]cc(C)c12.COC(=O)c1ncnc2c1c(C)cn2C.Cc1cn(C)c2ncnc([C-]=O)c12.[K+].[OH-]. The van der Waals surface area contributed by atoms with Gasteiger partial charge in [0.1, 0.15) is 30.3 Å². The Labute approximate surface area is 294 Å². The Morgan fingerprint density at radius 3 is 1.75 bits per heavy atom. The van der Waals surface area contributed by atoms with E-state index in [9.17, 15) is 14.4 Å². The van der Waals surface area contributed by atoms with Crippen LogP contribution in [-0.2, 0) is 28.4 Å². The summed E-state index contributed by atoms with van der Waals surface area (Å²) in [4.78, 5) is 60.2. The summed E-state index contributed by atoms with van der Waals surface area (Å²) in [5.41, 5.74) is 6.01. The molecule has 6 heterocycles. The third-order valence-electron chi connectivity index (χ3n) is 6.41. The van der Waals surface area contributed by atoms with Crippen molar-refractivity contribution in [1.82, 2.24) is 44.0 Å². The van der Waals surface area contributed by atoms with Crippen LogP contribution in [0.4, 0.5) is 0 Å². The first-order valence-corrected chi connectivity index (χ1v) is 12.5. The largest absolute Gasteiger partial charge is 1.00 e. The van der Waals surface area contributed by atoms with Gasteiger partial charge in [-0.3, -0.25) is 4.98 Å². The van der Waals surface area contributed by atoms with Crippen LogP contribution in [0, 0.1) is 20.8 Å². The maximum atomic E-state index is 11.5. The van der Waals surface area contributed by atoms with E-state index in [2.05, 4.69) is 44.4 Å². The zero-order valence-electron chi connectivity index (χ0n) is 25.5. The van der Waals surface area contributed by atoms with Gasteiger partial charge < -0.3 is 33.9 Å². The molecule has 6 rings (SSSR count). The van der Waals surface area contributed by atoms with Crippen LogP contribution in [0.3, 0.4) is 0 Å². The summed E-state index contributed by atoms with van der Waals surface area (Å²) >= 11 is 0. The molecule has 2 N–H and O–H groups in total. The zero-order chi connectivity index (χ0) is 30.6. The van der Waals surface area contributed by atoms with Gasteiger partial charge in [0.05, 0.1) is 30.6 Å². The number of aromatic nitrogens is 9. The molecule has 0 unspecified atom stereocenters. The number of aromatic amines is 1. The standard InChI is InChI=1S/C10H11N3O2.C9H9N3O2.C9H8N3O.K.H2O/c1-6-4-13(2)9-7(6)8(10(14)15-3)11-5-12-9;1-5-3-10-8-6(5)7(9(13)14-2)11-4-12-8;1-6-3-12(2)9-8(6)7(4-13)10-5-11-9;;/h4-5H,1-3H3;3-4H,1-2H3,(H,10,11,12);3,5H,1-2H3;;1H2/q;;-1;+1;/p-1. The molecule has 6 aromatic rings. The Bertz CT molecular complexity index is 1950. The quantitative estimate of drug-likeness (QED) is 0.153. The number of aryl methyl sites for hydroxylation is 5. The van der Waals surface area contributed by atoms with Crippen LogP contribution in [0.5, 0.6) is 0 Å². The Kier molecular flexibility index (Phi) is 12.9. The number of carbonyl (C=O) groups is 2. The van der Waals surface area contributed by atoms with E-state index >= 15 is 0 Å². The first-order chi connectivity index (χ1) is 20.1. The number of rotatable bonds is 3. The van der Waals surface area contributed by atoms with Gasteiger partial charge in [0, 0.05) is 32.8 Å². The van der Waals surface area contributed by atoms with Crippen LogP contribution in [0.1, 0.15) is 43.4 Å². The second-order valence-corrected chi connectivity index (χ2v) is 9.19. The van der Waals surface area contributed by atoms with Gasteiger partial charge in [-0.15, -0.1) is 10.9 Å². The minimum Gasteiger partial charge on any atom is -0.870 e. The van der Waals surface area contributed by atoms with Crippen LogP contribution in [0.2, 0.25) is 0 Å². The van der Waals surface area contributed by atoms with E-state index in [1.165, 1.54) is 33.2 Å². The van der Waals surface area contributed by atoms with Gasteiger partial charge in [-0.05, 0) is 31.2 Å². The van der Waals surface area contributed by atoms with Crippen molar-refractivity contribution >= 4 is 51.3 Å². The number of carbonyl (C=O) groups excluding carboxylic acids is 3. The summed E-state index contributed by atoms with van der Waals surface area (Å²) in [7, 11) is 6.44.